The number of rotatable bonds is 8. The number of ether oxygens (including phenoxy) is 1. The van der Waals surface area contributed by atoms with Crippen LogP contribution in [0.5, 0.6) is 5.75 Å². The number of nitrogens with one attached hydrogen (secondary N) is 2. The number of hydrogen-bond donors (Lipinski definition) is 3. The fourth-order valence-electron chi connectivity index (χ4n) is 2.23. The lowest BCUT2D eigenvalue weighted by Crippen LogP contribution is -2.45. The van der Waals surface area contributed by atoms with Crippen LogP contribution in [0.3, 0.4) is 0 Å². The molecule has 0 bridgehead atoms. The standard InChI is InChI=1S/C19H23N3O4/c1-19(2,10-7-17(23)24)22-18(25)21-15-3-5-16(6-4-15)26-13-14-8-11-20-12-9-14/h3-6,8-9,11-12H,7,10,13H2,1-2H3,(H,23,24)(H2,21,22,25). The monoisotopic (exact) mass is 357 g/mol. The van der Waals surface area contributed by atoms with Gasteiger partial charge in [-0.1, -0.05) is 0 Å². The van der Waals surface area contributed by atoms with Crippen LogP contribution in [0.15, 0.2) is 48.8 Å². The van der Waals surface area contributed by atoms with E-state index in [9.17, 15) is 9.59 Å². The minimum absolute atomic E-state index is 0.00318. The molecule has 0 spiro atoms. The van der Waals surface area contributed by atoms with Crippen LogP contribution in [0, 0.1) is 0 Å². The lowest BCUT2D eigenvalue weighted by Gasteiger charge is -2.25. The summed E-state index contributed by atoms with van der Waals surface area (Å²) in [6.45, 7) is 4.00. The topological polar surface area (TPSA) is 101 Å². The van der Waals surface area contributed by atoms with E-state index in [1.807, 2.05) is 12.1 Å². The molecule has 0 fully saturated rings. The first-order chi connectivity index (χ1) is 12.3. The Bertz CT molecular complexity index is 730. The quantitative estimate of drug-likeness (QED) is 0.672. The van der Waals surface area contributed by atoms with Gasteiger partial charge in [-0.2, -0.15) is 0 Å². The minimum Gasteiger partial charge on any atom is -0.489 e. The predicted octanol–water partition coefficient (Wildman–Crippen LogP) is 3.43. The Morgan fingerprint density at radius 3 is 2.38 bits per heavy atom. The summed E-state index contributed by atoms with van der Waals surface area (Å²) < 4.78 is 5.68. The number of aromatic nitrogens is 1. The first kappa shape index (κ1) is 19.2. The van der Waals surface area contributed by atoms with Crippen LogP contribution >= 0.6 is 0 Å². The van der Waals surface area contributed by atoms with Gasteiger partial charge < -0.3 is 20.5 Å². The summed E-state index contributed by atoms with van der Waals surface area (Å²) in [5.41, 5.74) is 1.02. The molecule has 0 unspecified atom stereocenters. The molecular weight excluding hydrogens is 334 g/mol. The Morgan fingerprint density at radius 2 is 1.77 bits per heavy atom. The van der Waals surface area contributed by atoms with Crippen LogP contribution in [0.25, 0.3) is 0 Å². The fourth-order valence-corrected chi connectivity index (χ4v) is 2.23. The lowest BCUT2D eigenvalue weighted by molar-refractivity contribution is -0.137. The second kappa shape index (κ2) is 8.84. The van der Waals surface area contributed by atoms with Crippen LogP contribution in [0.4, 0.5) is 10.5 Å². The number of anilines is 1. The number of amides is 2. The molecule has 26 heavy (non-hydrogen) atoms. The van der Waals surface area contributed by atoms with Crippen molar-refractivity contribution in [3.8, 4) is 5.75 Å². The van der Waals surface area contributed by atoms with E-state index in [2.05, 4.69) is 15.6 Å². The maximum atomic E-state index is 12.1. The van der Waals surface area contributed by atoms with E-state index in [1.54, 1.807) is 50.5 Å². The molecule has 7 heteroatoms. The number of carbonyl (C=O) groups excluding carboxylic acids is 1. The molecule has 1 aromatic carbocycles. The highest BCUT2D eigenvalue weighted by Gasteiger charge is 2.21. The smallest absolute Gasteiger partial charge is 0.319 e. The van der Waals surface area contributed by atoms with Crippen molar-refractivity contribution >= 4 is 17.7 Å². The Morgan fingerprint density at radius 1 is 1.12 bits per heavy atom. The van der Waals surface area contributed by atoms with Crippen molar-refractivity contribution in [2.45, 2.75) is 38.8 Å². The SMILES string of the molecule is CC(C)(CCC(=O)O)NC(=O)Nc1ccc(OCc2ccncc2)cc1. The number of urea groups is 1. The van der Waals surface area contributed by atoms with Gasteiger partial charge in [0.15, 0.2) is 0 Å². The van der Waals surface area contributed by atoms with E-state index in [-0.39, 0.29) is 12.5 Å². The average molecular weight is 357 g/mol. The summed E-state index contributed by atoms with van der Waals surface area (Å²) in [6.07, 6.45) is 3.76. The molecule has 2 aromatic rings. The number of aliphatic carboxylic acids is 1. The van der Waals surface area contributed by atoms with Crippen molar-refractivity contribution in [1.82, 2.24) is 10.3 Å². The maximum absolute atomic E-state index is 12.1. The third-order valence-corrected chi connectivity index (χ3v) is 3.68. The van der Waals surface area contributed by atoms with Crippen molar-refractivity contribution < 1.29 is 19.4 Å². The zero-order chi connectivity index (χ0) is 19.0. The summed E-state index contributed by atoms with van der Waals surface area (Å²) in [7, 11) is 0. The predicted molar refractivity (Wildman–Crippen MR) is 98.1 cm³/mol. The van der Waals surface area contributed by atoms with Crippen LogP contribution in [-0.4, -0.2) is 27.6 Å². The average Bonchev–Trinajstić information content (AvgIpc) is 2.60. The lowest BCUT2D eigenvalue weighted by atomic mass is 9.99. The molecule has 0 aliphatic heterocycles. The molecular formula is C19H23N3O4. The number of carboxylic acids is 1. The fraction of sp³-hybridized carbons (Fsp3) is 0.316. The number of pyridine rings is 1. The van der Waals surface area contributed by atoms with E-state index >= 15 is 0 Å². The van der Waals surface area contributed by atoms with Crippen molar-refractivity contribution in [2.24, 2.45) is 0 Å². The third kappa shape index (κ3) is 6.80. The van der Waals surface area contributed by atoms with Gasteiger partial charge in [0, 0.05) is 30.0 Å². The van der Waals surface area contributed by atoms with E-state index in [1.165, 1.54) is 0 Å². The van der Waals surface area contributed by atoms with Crippen molar-refractivity contribution in [1.29, 1.82) is 0 Å². The van der Waals surface area contributed by atoms with Crippen LogP contribution in [-0.2, 0) is 11.4 Å². The second-order valence-corrected chi connectivity index (χ2v) is 6.53. The summed E-state index contributed by atoms with van der Waals surface area (Å²) in [6, 6.07) is 10.4. The van der Waals surface area contributed by atoms with Gasteiger partial charge in [0.1, 0.15) is 12.4 Å². The van der Waals surface area contributed by atoms with Crippen molar-refractivity contribution in [2.75, 3.05) is 5.32 Å². The number of benzene rings is 1. The van der Waals surface area contributed by atoms with E-state index in [0.717, 1.165) is 5.56 Å². The van der Waals surface area contributed by atoms with Gasteiger partial charge in [0.2, 0.25) is 0 Å². The Kier molecular flexibility index (Phi) is 6.54. The number of hydrogen-bond acceptors (Lipinski definition) is 4. The highest BCUT2D eigenvalue weighted by atomic mass is 16.5. The number of carbonyl (C=O) groups is 2. The highest BCUT2D eigenvalue weighted by Crippen LogP contribution is 2.18. The third-order valence-electron chi connectivity index (χ3n) is 3.68. The molecule has 3 N–H and O–H groups in total. The van der Waals surface area contributed by atoms with Gasteiger partial charge >= 0.3 is 12.0 Å². The molecule has 0 aliphatic rings. The Labute approximate surface area is 152 Å². The van der Waals surface area contributed by atoms with Crippen LogP contribution in [0.2, 0.25) is 0 Å². The zero-order valence-electron chi connectivity index (χ0n) is 14.9. The highest BCUT2D eigenvalue weighted by molar-refractivity contribution is 5.89. The molecule has 0 radical (unpaired) electrons. The summed E-state index contributed by atoms with van der Waals surface area (Å²) in [5, 5.41) is 14.2. The van der Waals surface area contributed by atoms with E-state index in [0.29, 0.717) is 24.5 Å². The van der Waals surface area contributed by atoms with Gasteiger partial charge in [-0.05, 0) is 62.2 Å². The first-order valence-corrected chi connectivity index (χ1v) is 8.27. The van der Waals surface area contributed by atoms with Gasteiger partial charge in [0.05, 0.1) is 0 Å². The van der Waals surface area contributed by atoms with Gasteiger partial charge in [0.25, 0.3) is 0 Å². The molecule has 138 valence electrons. The zero-order valence-corrected chi connectivity index (χ0v) is 14.9. The molecule has 1 heterocycles. The molecule has 0 atom stereocenters. The first-order valence-electron chi connectivity index (χ1n) is 8.27. The molecule has 1 aromatic heterocycles. The van der Waals surface area contributed by atoms with Crippen LogP contribution in [0.1, 0.15) is 32.3 Å². The molecule has 0 aliphatic carbocycles. The van der Waals surface area contributed by atoms with E-state index < -0.39 is 11.5 Å². The molecule has 2 amide bonds. The molecule has 7 nitrogen and oxygen atoms in total. The maximum Gasteiger partial charge on any atom is 0.319 e. The van der Waals surface area contributed by atoms with Gasteiger partial charge in [-0.25, -0.2) is 4.79 Å². The summed E-state index contributed by atoms with van der Waals surface area (Å²) in [4.78, 5) is 26.7. The Balaban J connectivity index is 1.82. The molecule has 2 rings (SSSR count). The summed E-state index contributed by atoms with van der Waals surface area (Å²) >= 11 is 0. The summed E-state index contributed by atoms with van der Waals surface area (Å²) in [5.74, 6) is -0.197. The van der Waals surface area contributed by atoms with Crippen LogP contribution < -0.4 is 15.4 Å². The second-order valence-electron chi connectivity index (χ2n) is 6.53. The number of carboxylic acid groups (broad SMARTS) is 1. The number of nitrogens with zero attached hydrogens (tertiary/aromatic N) is 1. The molecule has 0 saturated heterocycles. The Hall–Kier alpha value is -3.09. The van der Waals surface area contributed by atoms with Crippen molar-refractivity contribution in [3.63, 3.8) is 0 Å². The van der Waals surface area contributed by atoms with Gasteiger partial charge in [-0.15, -0.1) is 0 Å². The minimum atomic E-state index is -0.886. The van der Waals surface area contributed by atoms with Gasteiger partial charge in [-0.3, -0.25) is 9.78 Å². The van der Waals surface area contributed by atoms with Crippen molar-refractivity contribution in [3.05, 3.63) is 54.4 Å². The largest absolute Gasteiger partial charge is 0.489 e. The van der Waals surface area contributed by atoms with E-state index in [4.69, 9.17) is 9.84 Å². The molecule has 0 saturated carbocycles. The normalized spacial score (nSPS) is 10.8.